The van der Waals surface area contributed by atoms with Gasteiger partial charge in [0.25, 0.3) is 5.91 Å². The summed E-state index contributed by atoms with van der Waals surface area (Å²) in [5, 5.41) is 2.81. The predicted octanol–water partition coefficient (Wildman–Crippen LogP) is 2.42. The summed E-state index contributed by atoms with van der Waals surface area (Å²) in [5.41, 5.74) is 0.996. The Morgan fingerprint density at radius 1 is 1.04 bits per heavy atom. The predicted molar refractivity (Wildman–Crippen MR) is 105 cm³/mol. The van der Waals surface area contributed by atoms with Gasteiger partial charge in [0.2, 0.25) is 10.0 Å². The van der Waals surface area contributed by atoms with Crippen LogP contribution in [0.15, 0.2) is 47.4 Å². The van der Waals surface area contributed by atoms with Crippen LogP contribution in [0.2, 0.25) is 0 Å². The van der Waals surface area contributed by atoms with E-state index >= 15 is 0 Å². The molecule has 0 spiro atoms. The van der Waals surface area contributed by atoms with Crippen LogP contribution in [0.25, 0.3) is 0 Å². The van der Waals surface area contributed by atoms with Gasteiger partial charge in [-0.25, -0.2) is 8.42 Å². The summed E-state index contributed by atoms with van der Waals surface area (Å²) in [5.74, 6) is 0.569. The Labute approximate surface area is 165 Å². The number of carbonyl (C=O) groups excluding carboxylic acids is 1. The number of ether oxygens (including phenoxy) is 2. The number of sulfonamides is 1. The van der Waals surface area contributed by atoms with Gasteiger partial charge in [-0.05, 0) is 37.1 Å². The molecular weight excluding hydrogens is 380 g/mol. The third-order valence-electron chi connectivity index (χ3n) is 4.75. The third-order valence-corrected chi connectivity index (χ3v) is 6.64. The minimum Gasteiger partial charge on any atom is -0.496 e. The Balaban J connectivity index is 1.84. The quantitative estimate of drug-likeness (QED) is 0.766. The number of rotatable bonds is 7. The average Bonchev–Trinajstić information content (AvgIpc) is 3.27. The van der Waals surface area contributed by atoms with E-state index in [9.17, 15) is 13.2 Å². The highest BCUT2D eigenvalue weighted by Crippen LogP contribution is 2.27. The standard InChI is InChI=1S/C20H24N2O5S/c1-26-18-8-4-3-7-15(18)14-21-20(23)17-13-16(9-10-19(17)27-2)28(24,25)22-11-5-6-12-22/h3-4,7-10,13H,5-6,11-12,14H2,1-2H3,(H,21,23). The van der Waals surface area contributed by atoms with Crippen LogP contribution in [0.1, 0.15) is 28.8 Å². The van der Waals surface area contributed by atoms with Crippen molar-refractivity contribution in [2.75, 3.05) is 27.3 Å². The Hall–Kier alpha value is -2.58. The van der Waals surface area contributed by atoms with Crippen molar-refractivity contribution in [3.05, 3.63) is 53.6 Å². The van der Waals surface area contributed by atoms with E-state index in [4.69, 9.17) is 9.47 Å². The van der Waals surface area contributed by atoms with Crippen molar-refractivity contribution in [3.8, 4) is 11.5 Å². The van der Waals surface area contributed by atoms with Crippen LogP contribution in [0.5, 0.6) is 11.5 Å². The molecule has 1 heterocycles. The molecule has 0 bridgehead atoms. The highest BCUT2D eigenvalue weighted by atomic mass is 32.2. The molecule has 0 radical (unpaired) electrons. The molecule has 1 N–H and O–H groups in total. The molecule has 1 aliphatic rings. The van der Waals surface area contributed by atoms with Gasteiger partial charge in [0.1, 0.15) is 11.5 Å². The first-order chi connectivity index (χ1) is 13.5. The molecule has 1 aliphatic heterocycles. The van der Waals surface area contributed by atoms with E-state index in [2.05, 4.69) is 5.32 Å². The van der Waals surface area contributed by atoms with Crippen LogP contribution in [0.4, 0.5) is 0 Å². The first kappa shape index (κ1) is 20.2. The summed E-state index contributed by atoms with van der Waals surface area (Å²) in [6.07, 6.45) is 1.70. The highest BCUT2D eigenvalue weighted by molar-refractivity contribution is 7.89. The fourth-order valence-electron chi connectivity index (χ4n) is 3.22. The van der Waals surface area contributed by atoms with E-state index in [1.165, 1.54) is 29.6 Å². The minimum atomic E-state index is -3.62. The zero-order valence-electron chi connectivity index (χ0n) is 16.0. The van der Waals surface area contributed by atoms with Crippen molar-refractivity contribution in [1.29, 1.82) is 0 Å². The van der Waals surface area contributed by atoms with Crippen molar-refractivity contribution in [3.63, 3.8) is 0 Å². The summed E-state index contributed by atoms with van der Waals surface area (Å²) in [7, 11) is -0.608. The van der Waals surface area contributed by atoms with E-state index in [1.807, 2.05) is 24.3 Å². The lowest BCUT2D eigenvalue weighted by molar-refractivity contribution is 0.0947. The zero-order chi connectivity index (χ0) is 20.1. The molecule has 0 unspecified atom stereocenters. The molecule has 0 aromatic heterocycles. The molecule has 7 nitrogen and oxygen atoms in total. The molecule has 0 saturated carbocycles. The molecule has 3 rings (SSSR count). The molecule has 0 aliphatic carbocycles. The normalized spacial score (nSPS) is 14.6. The first-order valence-corrected chi connectivity index (χ1v) is 10.5. The topological polar surface area (TPSA) is 84.9 Å². The SMILES string of the molecule is COc1ccccc1CNC(=O)c1cc(S(=O)(=O)N2CCCC2)ccc1OC. The molecule has 1 fully saturated rings. The van der Waals surface area contributed by atoms with Crippen LogP contribution >= 0.6 is 0 Å². The number of methoxy groups -OCH3 is 2. The monoisotopic (exact) mass is 404 g/mol. The summed E-state index contributed by atoms with van der Waals surface area (Å²) in [6.45, 7) is 1.25. The van der Waals surface area contributed by atoms with Crippen LogP contribution in [-0.2, 0) is 16.6 Å². The molecule has 150 valence electrons. The molecule has 28 heavy (non-hydrogen) atoms. The Morgan fingerprint density at radius 2 is 1.71 bits per heavy atom. The van der Waals surface area contributed by atoms with E-state index in [-0.39, 0.29) is 17.0 Å². The first-order valence-electron chi connectivity index (χ1n) is 9.05. The van der Waals surface area contributed by atoms with Crippen LogP contribution < -0.4 is 14.8 Å². The van der Waals surface area contributed by atoms with Crippen molar-refractivity contribution >= 4 is 15.9 Å². The Kier molecular flexibility index (Phi) is 6.21. The number of carbonyl (C=O) groups is 1. The third kappa shape index (κ3) is 4.13. The van der Waals surface area contributed by atoms with Gasteiger partial charge < -0.3 is 14.8 Å². The van der Waals surface area contributed by atoms with Gasteiger partial charge >= 0.3 is 0 Å². The van der Waals surface area contributed by atoms with Gasteiger partial charge in [0, 0.05) is 25.2 Å². The Morgan fingerprint density at radius 3 is 2.39 bits per heavy atom. The molecule has 8 heteroatoms. The van der Waals surface area contributed by atoms with E-state index in [0.29, 0.717) is 24.6 Å². The molecule has 0 atom stereocenters. The molecular formula is C20H24N2O5S. The van der Waals surface area contributed by atoms with Gasteiger partial charge in [0.15, 0.2) is 0 Å². The van der Waals surface area contributed by atoms with Crippen molar-refractivity contribution in [1.82, 2.24) is 9.62 Å². The minimum absolute atomic E-state index is 0.0950. The maximum atomic E-state index is 12.8. The van der Waals surface area contributed by atoms with Crippen LogP contribution in [0.3, 0.4) is 0 Å². The second-order valence-corrected chi connectivity index (χ2v) is 8.41. The number of hydrogen-bond donors (Lipinski definition) is 1. The number of benzene rings is 2. The summed E-state index contributed by atoms with van der Waals surface area (Å²) >= 11 is 0. The van der Waals surface area contributed by atoms with Gasteiger partial charge in [0.05, 0.1) is 24.7 Å². The molecule has 1 amide bonds. The number of para-hydroxylation sites is 1. The second kappa shape index (κ2) is 8.62. The lowest BCUT2D eigenvalue weighted by Crippen LogP contribution is -2.28. The largest absolute Gasteiger partial charge is 0.496 e. The fourth-order valence-corrected chi connectivity index (χ4v) is 4.77. The van der Waals surface area contributed by atoms with Gasteiger partial charge in [-0.1, -0.05) is 18.2 Å². The van der Waals surface area contributed by atoms with Crippen molar-refractivity contribution in [2.24, 2.45) is 0 Å². The van der Waals surface area contributed by atoms with Crippen LogP contribution in [0, 0.1) is 0 Å². The van der Waals surface area contributed by atoms with Crippen LogP contribution in [-0.4, -0.2) is 45.9 Å². The molecule has 2 aromatic carbocycles. The van der Waals surface area contributed by atoms with Gasteiger partial charge in [-0.15, -0.1) is 0 Å². The smallest absolute Gasteiger partial charge is 0.255 e. The number of nitrogens with zero attached hydrogens (tertiary/aromatic N) is 1. The molecule has 2 aromatic rings. The maximum Gasteiger partial charge on any atom is 0.255 e. The lowest BCUT2D eigenvalue weighted by atomic mass is 10.1. The van der Waals surface area contributed by atoms with E-state index in [1.54, 1.807) is 7.11 Å². The number of amides is 1. The van der Waals surface area contributed by atoms with Crippen molar-refractivity contribution in [2.45, 2.75) is 24.3 Å². The number of hydrogen-bond acceptors (Lipinski definition) is 5. The summed E-state index contributed by atoms with van der Waals surface area (Å²) < 4.78 is 37.6. The van der Waals surface area contributed by atoms with Crippen molar-refractivity contribution < 1.29 is 22.7 Å². The maximum absolute atomic E-state index is 12.8. The van der Waals surface area contributed by atoms with E-state index in [0.717, 1.165) is 18.4 Å². The fraction of sp³-hybridized carbons (Fsp3) is 0.350. The average molecular weight is 404 g/mol. The van der Waals surface area contributed by atoms with Gasteiger partial charge in [-0.2, -0.15) is 4.31 Å². The van der Waals surface area contributed by atoms with E-state index < -0.39 is 15.9 Å². The summed E-state index contributed by atoms with van der Waals surface area (Å²) in [6, 6.07) is 11.7. The lowest BCUT2D eigenvalue weighted by Gasteiger charge is -2.17. The zero-order valence-corrected chi connectivity index (χ0v) is 16.8. The second-order valence-electron chi connectivity index (χ2n) is 6.47. The molecule has 1 saturated heterocycles. The Bertz CT molecular complexity index is 953. The highest BCUT2D eigenvalue weighted by Gasteiger charge is 2.28. The van der Waals surface area contributed by atoms with Gasteiger partial charge in [-0.3, -0.25) is 4.79 Å². The summed E-state index contributed by atoms with van der Waals surface area (Å²) in [4.78, 5) is 12.9. The number of nitrogens with one attached hydrogen (secondary N) is 1.